The standard InChI is InChI=1S/C24H20ClN3O2/c1-16-22(24(29)26-18-13-14-21(30-2)20(25)15-18)23(17-9-5-3-6-10-17)27-28(16)19-11-7-4-8-12-19/h3-15H,1-2H3,(H,26,29). The van der Waals surface area contributed by atoms with Gasteiger partial charge in [-0.3, -0.25) is 4.79 Å². The highest BCUT2D eigenvalue weighted by Gasteiger charge is 2.23. The first kappa shape index (κ1) is 19.7. The number of anilines is 1. The van der Waals surface area contributed by atoms with Crippen LogP contribution < -0.4 is 10.1 Å². The first-order chi connectivity index (χ1) is 14.6. The zero-order valence-corrected chi connectivity index (χ0v) is 17.4. The Morgan fingerprint density at radius 2 is 1.67 bits per heavy atom. The van der Waals surface area contributed by atoms with E-state index in [4.69, 9.17) is 21.4 Å². The van der Waals surface area contributed by atoms with Gasteiger partial charge in [-0.15, -0.1) is 0 Å². The van der Waals surface area contributed by atoms with Crippen LogP contribution in [0.25, 0.3) is 16.9 Å². The largest absolute Gasteiger partial charge is 0.495 e. The lowest BCUT2D eigenvalue weighted by Crippen LogP contribution is -2.14. The molecule has 1 N–H and O–H groups in total. The molecule has 5 nitrogen and oxygen atoms in total. The maximum Gasteiger partial charge on any atom is 0.259 e. The number of aromatic nitrogens is 2. The number of methoxy groups -OCH3 is 1. The number of nitrogens with zero attached hydrogens (tertiary/aromatic N) is 2. The number of ether oxygens (including phenoxy) is 1. The van der Waals surface area contributed by atoms with Crippen molar-refractivity contribution in [3.63, 3.8) is 0 Å². The minimum absolute atomic E-state index is 0.255. The summed E-state index contributed by atoms with van der Waals surface area (Å²) in [5.74, 6) is 0.294. The highest BCUT2D eigenvalue weighted by atomic mass is 35.5. The van der Waals surface area contributed by atoms with E-state index in [0.29, 0.717) is 27.7 Å². The van der Waals surface area contributed by atoms with Gasteiger partial charge in [-0.2, -0.15) is 5.10 Å². The SMILES string of the molecule is COc1ccc(NC(=O)c2c(-c3ccccc3)nn(-c3ccccc3)c2C)cc1Cl. The van der Waals surface area contributed by atoms with Crippen LogP contribution in [0, 0.1) is 6.92 Å². The van der Waals surface area contributed by atoms with Gasteiger partial charge >= 0.3 is 0 Å². The van der Waals surface area contributed by atoms with E-state index in [1.807, 2.05) is 67.6 Å². The molecule has 1 heterocycles. The number of hydrogen-bond acceptors (Lipinski definition) is 3. The number of carbonyl (C=O) groups is 1. The molecule has 0 fully saturated rings. The predicted molar refractivity (Wildman–Crippen MR) is 120 cm³/mol. The monoisotopic (exact) mass is 417 g/mol. The van der Waals surface area contributed by atoms with Gasteiger partial charge < -0.3 is 10.1 Å². The topological polar surface area (TPSA) is 56.1 Å². The molecule has 1 amide bonds. The van der Waals surface area contributed by atoms with Crippen LogP contribution in [0.4, 0.5) is 5.69 Å². The highest BCUT2D eigenvalue weighted by molar-refractivity contribution is 6.32. The van der Waals surface area contributed by atoms with Crippen molar-refractivity contribution in [2.24, 2.45) is 0 Å². The summed E-state index contributed by atoms with van der Waals surface area (Å²) in [7, 11) is 1.55. The highest BCUT2D eigenvalue weighted by Crippen LogP contribution is 2.30. The molecule has 0 atom stereocenters. The molecule has 0 aliphatic rings. The molecule has 0 aliphatic heterocycles. The second-order valence-corrected chi connectivity index (χ2v) is 7.13. The van der Waals surface area contributed by atoms with Crippen LogP contribution in [-0.4, -0.2) is 22.8 Å². The fraction of sp³-hybridized carbons (Fsp3) is 0.0833. The quantitative estimate of drug-likeness (QED) is 0.449. The Balaban J connectivity index is 1.78. The molecule has 0 saturated carbocycles. The van der Waals surface area contributed by atoms with Crippen molar-refractivity contribution in [2.75, 3.05) is 12.4 Å². The Labute approximate surface area is 179 Å². The lowest BCUT2D eigenvalue weighted by Gasteiger charge is -2.09. The van der Waals surface area contributed by atoms with Gasteiger partial charge in [0.1, 0.15) is 11.4 Å². The number of para-hydroxylation sites is 1. The maximum absolute atomic E-state index is 13.3. The van der Waals surface area contributed by atoms with Crippen molar-refractivity contribution in [2.45, 2.75) is 6.92 Å². The van der Waals surface area contributed by atoms with Crippen molar-refractivity contribution >= 4 is 23.2 Å². The van der Waals surface area contributed by atoms with Gasteiger partial charge in [0.25, 0.3) is 5.91 Å². The number of hydrogen-bond donors (Lipinski definition) is 1. The van der Waals surface area contributed by atoms with Crippen molar-refractivity contribution in [3.05, 3.63) is 95.1 Å². The summed E-state index contributed by atoms with van der Waals surface area (Å²) in [4.78, 5) is 13.3. The van der Waals surface area contributed by atoms with E-state index in [1.54, 1.807) is 30.0 Å². The molecule has 1 aromatic heterocycles. The predicted octanol–water partition coefficient (Wildman–Crippen LogP) is 5.76. The molecule has 0 bridgehead atoms. The zero-order valence-electron chi connectivity index (χ0n) is 16.6. The average Bonchev–Trinajstić information content (AvgIpc) is 3.12. The van der Waals surface area contributed by atoms with Gasteiger partial charge in [-0.1, -0.05) is 60.1 Å². The van der Waals surface area contributed by atoms with Gasteiger partial charge in [0.05, 0.1) is 29.1 Å². The summed E-state index contributed by atoms with van der Waals surface area (Å²) in [5, 5.41) is 8.13. The molecule has 6 heteroatoms. The molecular formula is C24H20ClN3O2. The number of nitrogens with one attached hydrogen (secondary N) is 1. The summed E-state index contributed by atoms with van der Waals surface area (Å²) in [6.45, 7) is 1.89. The van der Waals surface area contributed by atoms with E-state index in [9.17, 15) is 4.79 Å². The molecule has 0 radical (unpaired) electrons. The lowest BCUT2D eigenvalue weighted by molar-refractivity contribution is 0.102. The first-order valence-electron chi connectivity index (χ1n) is 9.44. The number of rotatable bonds is 5. The van der Waals surface area contributed by atoms with Crippen LogP contribution in [0.5, 0.6) is 5.75 Å². The second kappa shape index (κ2) is 8.43. The molecule has 150 valence electrons. The van der Waals surface area contributed by atoms with E-state index in [0.717, 1.165) is 16.9 Å². The summed E-state index contributed by atoms with van der Waals surface area (Å²) >= 11 is 6.21. The first-order valence-corrected chi connectivity index (χ1v) is 9.81. The molecule has 0 aliphatic carbocycles. The Morgan fingerprint density at radius 1 is 1.00 bits per heavy atom. The third kappa shape index (κ3) is 3.80. The van der Waals surface area contributed by atoms with Crippen molar-refractivity contribution in [1.82, 2.24) is 9.78 Å². The third-order valence-electron chi connectivity index (χ3n) is 4.80. The normalized spacial score (nSPS) is 10.6. The zero-order chi connectivity index (χ0) is 21.1. The van der Waals surface area contributed by atoms with Crippen LogP contribution in [0.3, 0.4) is 0 Å². The van der Waals surface area contributed by atoms with Gasteiger partial charge in [0, 0.05) is 11.3 Å². The molecular weight excluding hydrogens is 398 g/mol. The smallest absolute Gasteiger partial charge is 0.259 e. The van der Waals surface area contributed by atoms with Gasteiger partial charge in [-0.05, 0) is 37.3 Å². The lowest BCUT2D eigenvalue weighted by atomic mass is 10.1. The molecule has 30 heavy (non-hydrogen) atoms. The van der Waals surface area contributed by atoms with Crippen LogP contribution in [0.15, 0.2) is 78.9 Å². The molecule has 4 rings (SSSR count). The fourth-order valence-electron chi connectivity index (χ4n) is 3.33. The molecule has 4 aromatic rings. The minimum atomic E-state index is -0.255. The average molecular weight is 418 g/mol. The van der Waals surface area contributed by atoms with Crippen LogP contribution in [-0.2, 0) is 0 Å². The molecule has 0 unspecified atom stereocenters. The number of amides is 1. The summed E-state index contributed by atoms with van der Waals surface area (Å²) < 4.78 is 6.97. The van der Waals surface area contributed by atoms with Crippen molar-refractivity contribution < 1.29 is 9.53 Å². The van der Waals surface area contributed by atoms with Gasteiger partial charge in [0.15, 0.2) is 0 Å². The minimum Gasteiger partial charge on any atom is -0.495 e. The Hall–Kier alpha value is -3.57. The summed E-state index contributed by atoms with van der Waals surface area (Å²) in [5.41, 5.74) is 4.21. The Morgan fingerprint density at radius 3 is 2.30 bits per heavy atom. The van der Waals surface area contributed by atoms with Crippen molar-refractivity contribution in [3.8, 4) is 22.7 Å². The maximum atomic E-state index is 13.3. The summed E-state index contributed by atoms with van der Waals surface area (Å²) in [6, 6.07) is 24.6. The van der Waals surface area contributed by atoms with Crippen molar-refractivity contribution in [1.29, 1.82) is 0 Å². The molecule has 3 aromatic carbocycles. The number of carbonyl (C=O) groups excluding carboxylic acids is 1. The number of benzene rings is 3. The van der Waals surface area contributed by atoms with Gasteiger partial charge in [-0.25, -0.2) is 4.68 Å². The van der Waals surface area contributed by atoms with E-state index in [2.05, 4.69) is 5.32 Å². The van der Waals surface area contributed by atoms with E-state index < -0.39 is 0 Å². The Bertz CT molecular complexity index is 1190. The second-order valence-electron chi connectivity index (χ2n) is 6.73. The van der Waals surface area contributed by atoms with Crippen LogP contribution >= 0.6 is 11.6 Å². The number of halogens is 1. The fourth-order valence-corrected chi connectivity index (χ4v) is 3.59. The molecule has 0 spiro atoms. The van der Waals surface area contributed by atoms with E-state index >= 15 is 0 Å². The Kier molecular flexibility index (Phi) is 5.55. The van der Waals surface area contributed by atoms with E-state index in [1.165, 1.54) is 0 Å². The van der Waals surface area contributed by atoms with Crippen LogP contribution in [0.2, 0.25) is 5.02 Å². The van der Waals surface area contributed by atoms with Gasteiger partial charge in [0.2, 0.25) is 0 Å². The third-order valence-corrected chi connectivity index (χ3v) is 5.10. The van der Waals surface area contributed by atoms with Crippen LogP contribution in [0.1, 0.15) is 16.1 Å². The van der Waals surface area contributed by atoms with E-state index in [-0.39, 0.29) is 5.91 Å². The summed E-state index contributed by atoms with van der Waals surface area (Å²) in [6.07, 6.45) is 0. The molecule has 0 saturated heterocycles.